The monoisotopic (exact) mass is 799 g/mol. The molecule has 6 aromatic rings. The zero-order valence-electron chi connectivity index (χ0n) is 33.0. The number of carbonyl (C=O) groups is 3. The smallest absolute Gasteiger partial charge is 0.292 e. The third kappa shape index (κ3) is 8.51. The maximum Gasteiger partial charge on any atom is 0.292 e. The molecule has 1 atom stereocenters. The molecule has 0 spiro atoms. The number of piperidine rings is 2. The van der Waals surface area contributed by atoms with E-state index in [4.69, 9.17) is 16.1 Å². The summed E-state index contributed by atoms with van der Waals surface area (Å²) >= 11 is 6.76. The minimum Gasteiger partial charge on any atom is -0.374 e. The Morgan fingerprint density at radius 3 is 2.45 bits per heavy atom. The minimum atomic E-state index is -0.440. The van der Waals surface area contributed by atoms with Crippen LogP contribution in [0.2, 0.25) is 5.02 Å². The van der Waals surface area contributed by atoms with Crippen LogP contribution in [-0.4, -0.2) is 66.5 Å². The second-order valence-corrected chi connectivity index (χ2v) is 16.7. The van der Waals surface area contributed by atoms with Gasteiger partial charge < -0.3 is 15.2 Å². The summed E-state index contributed by atoms with van der Waals surface area (Å²) in [6.07, 6.45) is 6.42. The number of aromatic nitrogens is 5. The molecule has 3 aromatic carbocycles. The quantitative estimate of drug-likeness (QED) is 0.121. The molecule has 3 N–H and O–H groups in total. The molecular weight excluding hydrogens is 754 g/mol. The second-order valence-electron chi connectivity index (χ2n) is 16.3. The number of carbonyl (C=O) groups excluding carboxylic acids is 3. The Labute approximate surface area is 341 Å². The number of likely N-dealkylation sites (tertiary alicyclic amines) is 1. The van der Waals surface area contributed by atoms with Crippen LogP contribution in [-0.2, 0) is 28.1 Å². The van der Waals surface area contributed by atoms with Gasteiger partial charge in [0, 0.05) is 53.0 Å². The van der Waals surface area contributed by atoms with E-state index in [1.54, 1.807) is 6.33 Å². The van der Waals surface area contributed by atoms with Crippen LogP contribution in [0.1, 0.15) is 91.1 Å². The van der Waals surface area contributed by atoms with Crippen molar-refractivity contribution >= 4 is 40.5 Å². The van der Waals surface area contributed by atoms with Crippen LogP contribution in [0.3, 0.4) is 0 Å². The second kappa shape index (κ2) is 16.1. The lowest BCUT2D eigenvalue weighted by molar-refractivity contribution is -0.133. The van der Waals surface area contributed by atoms with Gasteiger partial charge in [-0.1, -0.05) is 80.0 Å². The lowest BCUT2D eigenvalue weighted by atomic mass is 9.89. The number of imide groups is 1. The van der Waals surface area contributed by atoms with E-state index >= 15 is 0 Å². The molecule has 2 aliphatic rings. The molecule has 3 aromatic heterocycles. The number of rotatable bonds is 10. The van der Waals surface area contributed by atoms with E-state index in [-0.39, 0.29) is 29.0 Å². The lowest BCUT2D eigenvalue weighted by Gasteiger charge is -2.32. The number of fused-ring (bicyclic) bond motifs is 1. The van der Waals surface area contributed by atoms with Crippen molar-refractivity contribution in [2.75, 3.05) is 18.4 Å². The number of anilines is 1. The van der Waals surface area contributed by atoms with Crippen LogP contribution in [0.4, 0.5) is 5.69 Å². The van der Waals surface area contributed by atoms with Crippen molar-refractivity contribution in [3.63, 3.8) is 0 Å². The number of halogens is 1. The molecule has 3 amide bonds. The Bertz CT molecular complexity index is 2500. The number of benzene rings is 3. The van der Waals surface area contributed by atoms with Gasteiger partial charge in [-0.2, -0.15) is 10.1 Å². The van der Waals surface area contributed by atoms with Gasteiger partial charge in [0.2, 0.25) is 17.7 Å². The van der Waals surface area contributed by atoms with E-state index in [1.807, 2.05) is 62.7 Å². The molecule has 5 heterocycles. The first kappa shape index (κ1) is 38.9. The molecule has 0 aliphatic carbocycles. The van der Waals surface area contributed by atoms with Gasteiger partial charge in [0.05, 0.1) is 11.2 Å². The van der Waals surface area contributed by atoms with E-state index in [1.165, 1.54) is 5.56 Å². The van der Waals surface area contributed by atoms with Gasteiger partial charge in [-0.3, -0.25) is 24.6 Å². The summed E-state index contributed by atoms with van der Waals surface area (Å²) in [6.45, 7) is 11.0. The fourth-order valence-electron chi connectivity index (χ4n) is 7.67. The van der Waals surface area contributed by atoms with E-state index < -0.39 is 6.04 Å². The molecule has 0 saturated carbocycles. The van der Waals surface area contributed by atoms with Gasteiger partial charge in [0.15, 0.2) is 0 Å². The van der Waals surface area contributed by atoms with Gasteiger partial charge >= 0.3 is 0 Å². The summed E-state index contributed by atoms with van der Waals surface area (Å²) in [4.78, 5) is 47.8. The molecule has 14 heteroatoms. The Kier molecular flexibility index (Phi) is 10.8. The summed E-state index contributed by atoms with van der Waals surface area (Å²) < 4.78 is 7.14. The summed E-state index contributed by atoms with van der Waals surface area (Å²) in [5, 5.41) is 17.6. The van der Waals surface area contributed by atoms with Gasteiger partial charge in [-0.25, -0.2) is 9.50 Å². The zero-order chi connectivity index (χ0) is 40.6. The van der Waals surface area contributed by atoms with Crippen molar-refractivity contribution in [2.24, 2.45) is 0 Å². The van der Waals surface area contributed by atoms with Crippen LogP contribution in [0.25, 0.3) is 27.9 Å². The summed E-state index contributed by atoms with van der Waals surface area (Å²) in [5.41, 5.74) is 9.65. The molecule has 13 nitrogen and oxygen atoms in total. The first-order valence-corrected chi connectivity index (χ1v) is 20.0. The highest BCUT2D eigenvalue weighted by atomic mass is 35.5. The maximum absolute atomic E-state index is 12.7. The Morgan fingerprint density at radius 1 is 0.966 bits per heavy atom. The molecule has 0 radical (unpaired) electrons. The average Bonchev–Trinajstić information content (AvgIpc) is 3.89. The number of hydrogen-bond acceptors (Lipinski definition) is 10. The summed E-state index contributed by atoms with van der Waals surface area (Å²) in [6, 6.07) is 22.4. The molecule has 1 unspecified atom stereocenters. The number of nitrogens with zero attached hydrogens (tertiary/aromatic N) is 6. The average molecular weight is 800 g/mol. The lowest BCUT2D eigenvalue weighted by Crippen LogP contribution is -2.47. The fraction of sp³-hybridized carbons (Fsp3) is 0.341. The third-order valence-corrected chi connectivity index (χ3v) is 11.4. The largest absolute Gasteiger partial charge is 0.374 e. The van der Waals surface area contributed by atoms with Gasteiger partial charge in [-0.15, -0.1) is 0 Å². The minimum absolute atomic E-state index is 0.0211. The Hall–Kier alpha value is -5.92. The SMILES string of the molecule is Cc1cc(-c2ncnn3cc(-c4ccc(CN5CCC(c6ccc(NC7CCC(=O)NC7=O)cc6Cl)CC5)cc4)cc23)ccc1CNC(=O)c1noc(C(C)(C)C)n1. The van der Waals surface area contributed by atoms with Gasteiger partial charge in [0.1, 0.15) is 12.4 Å². The Balaban J connectivity index is 0.866. The highest BCUT2D eigenvalue weighted by molar-refractivity contribution is 6.31. The van der Waals surface area contributed by atoms with Crippen LogP contribution >= 0.6 is 11.6 Å². The van der Waals surface area contributed by atoms with Crippen LogP contribution in [0.5, 0.6) is 0 Å². The van der Waals surface area contributed by atoms with Crippen molar-refractivity contribution in [1.29, 1.82) is 0 Å². The first-order chi connectivity index (χ1) is 27.9. The van der Waals surface area contributed by atoms with Crippen LogP contribution in [0.15, 0.2) is 83.8 Å². The molecule has 2 fully saturated rings. The summed E-state index contributed by atoms with van der Waals surface area (Å²) in [7, 11) is 0. The van der Waals surface area contributed by atoms with Crippen LogP contribution < -0.4 is 16.0 Å². The molecule has 8 rings (SSSR count). The molecule has 298 valence electrons. The fourth-order valence-corrected chi connectivity index (χ4v) is 8.00. The molecule has 0 bridgehead atoms. The molecule has 2 saturated heterocycles. The molecule has 2 aliphatic heterocycles. The van der Waals surface area contributed by atoms with E-state index in [0.29, 0.717) is 36.2 Å². The molecule has 58 heavy (non-hydrogen) atoms. The van der Waals surface area contributed by atoms with E-state index in [2.05, 4.69) is 83.5 Å². The highest BCUT2D eigenvalue weighted by Gasteiger charge is 2.28. The standard InChI is InChI=1S/C44H46ClN9O4/c1-26-19-30(9-10-31(26)22-46-42(57)40-51-43(58-52-40)44(2,3)4)39-37-20-32(24-54(37)48-25-47-39)28-7-5-27(6-8-28)23-53-17-15-29(16-18-53)34-12-11-33(21-35(34)45)49-36-13-14-38(55)50-41(36)56/h5-12,19-21,24-25,29,36,49H,13-18,22-23H2,1-4H3,(H,46,57)(H,50,55,56). The van der Waals surface area contributed by atoms with Crippen molar-refractivity contribution in [3.8, 4) is 22.4 Å². The third-order valence-electron chi connectivity index (χ3n) is 11.0. The Morgan fingerprint density at radius 2 is 1.74 bits per heavy atom. The van der Waals surface area contributed by atoms with Crippen LogP contribution in [0, 0.1) is 6.92 Å². The van der Waals surface area contributed by atoms with E-state index in [9.17, 15) is 14.4 Å². The predicted molar refractivity (Wildman–Crippen MR) is 221 cm³/mol. The van der Waals surface area contributed by atoms with Gasteiger partial charge in [-0.05, 0) is 97.3 Å². The maximum atomic E-state index is 12.7. The predicted octanol–water partition coefficient (Wildman–Crippen LogP) is 7.23. The normalized spacial score (nSPS) is 16.7. The van der Waals surface area contributed by atoms with Crippen molar-refractivity contribution in [2.45, 2.75) is 83.8 Å². The number of nitrogens with one attached hydrogen (secondary N) is 3. The number of hydrogen-bond donors (Lipinski definition) is 3. The topological polar surface area (TPSA) is 160 Å². The molecular formula is C44H46ClN9O4. The highest BCUT2D eigenvalue weighted by Crippen LogP contribution is 2.35. The first-order valence-electron chi connectivity index (χ1n) is 19.6. The van der Waals surface area contributed by atoms with E-state index in [0.717, 1.165) is 82.8 Å². The van der Waals surface area contributed by atoms with Crippen molar-refractivity contribution < 1.29 is 18.9 Å². The number of amides is 3. The summed E-state index contributed by atoms with van der Waals surface area (Å²) in [5.74, 6) is -0.105. The van der Waals surface area contributed by atoms with Crippen molar-refractivity contribution in [3.05, 3.63) is 118 Å². The van der Waals surface area contributed by atoms with Crippen molar-refractivity contribution in [1.82, 2.24) is 40.3 Å². The number of aryl methyl sites for hydroxylation is 1. The van der Waals surface area contributed by atoms with Gasteiger partial charge in [0.25, 0.3) is 11.7 Å². The zero-order valence-corrected chi connectivity index (χ0v) is 33.8.